The number of nitrogens with zero attached hydrogens (tertiary/aromatic N) is 4. The quantitative estimate of drug-likeness (QED) is 0.470. The number of carbonyl (C=O) groups excluding carboxylic acids is 1. The SMILES string of the molecule is COc1cncc(-c2cc(C(=O)NCc3c(C)cc(C)[nH]c3=O)c3cnn(C(C)C)c3n2)c1. The minimum atomic E-state index is -0.317. The van der Waals surface area contributed by atoms with Gasteiger partial charge in [0.05, 0.1) is 36.1 Å². The minimum absolute atomic E-state index is 0.0540. The van der Waals surface area contributed by atoms with E-state index in [1.807, 2.05) is 39.8 Å². The van der Waals surface area contributed by atoms with E-state index in [1.54, 1.807) is 36.4 Å². The molecule has 9 heteroatoms. The standard InChI is InChI=1S/C24H26N6O3/c1-13(2)30-22-20(12-27-30)18(8-21(29-22)16-7-17(33-5)10-25-9-16)23(31)26-11-19-14(3)6-15(4)28-24(19)32/h6-10,12-13H,11H2,1-5H3,(H,26,31)(H,28,32). The Kier molecular flexibility index (Phi) is 5.95. The Labute approximate surface area is 190 Å². The molecule has 2 N–H and O–H groups in total. The maximum Gasteiger partial charge on any atom is 0.253 e. The number of fused-ring (bicyclic) bond motifs is 1. The topological polar surface area (TPSA) is 115 Å². The van der Waals surface area contributed by atoms with Crippen molar-refractivity contribution < 1.29 is 9.53 Å². The molecule has 4 heterocycles. The maximum atomic E-state index is 13.3. The molecule has 0 atom stereocenters. The number of hydrogen-bond donors (Lipinski definition) is 2. The monoisotopic (exact) mass is 446 g/mol. The third-order valence-corrected chi connectivity index (χ3v) is 5.46. The van der Waals surface area contributed by atoms with Gasteiger partial charge in [0.2, 0.25) is 0 Å². The van der Waals surface area contributed by atoms with Crippen molar-refractivity contribution in [2.24, 2.45) is 0 Å². The molecule has 0 aliphatic carbocycles. The minimum Gasteiger partial charge on any atom is -0.495 e. The van der Waals surface area contributed by atoms with Gasteiger partial charge in [-0.3, -0.25) is 14.6 Å². The molecule has 0 saturated heterocycles. The number of nitrogens with one attached hydrogen (secondary N) is 2. The fourth-order valence-electron chi connectivity index (χ4n) is 3.77. The second-order valence-corrected chi connectivity index (χ2v) is 8.21. The lowest BCUT2D eigenvalue weighted by molar-refractivity contribution is 0.0952. The number of carbonyl (C=O) groups is 1. The summed E-state index contributed by atoms with van der Waals surface area (Å²) in [5.41, 5.74) is 4.23. The highest BCUT2D eigenvalue weighted by Gasteiger charge is 2.19. The van der Waals surface area contributed by atoms with Crippen LogP contribution in [0.5, 0.6) is 5.75 Å². The number of hydrogen-bond acceptors (Lipinski definition) is 6. The zero-order valence-electron chi connectivity index (χ0n) is 19.3. The van der Waals surface area contributed by atoms with E-state index in [0.717, 1.165) is 11.3 Å². The van der Waals surface area contributed by atoms with E-state index in [0.29, 0.717) is 39.2 Å². The van der Waals surface area contributed by atoms with Gasteiger partial charge < -0.3 is 15.0 Å². The average Bonchev–Trinajstić information content (AvgIpc) is 3.22. The van der Waals surface area contributed by atoms with Crippen molar-refractivity contribution in [1.29, 1.82) is 0 Å². The number of aromatic amines is 1. The number of amides is 1. The molecule has 0 saturated carbocycles. The van der Waals surface area contributed by atoms with Crippen LogP contribution in [0.3, 0.4) is 0 Å². The number of H-pyrrole nitrogens is 1. The van der Waals surface area contributed by atoms with Crippen LogP contribution in [0.15, 0.2) is 41.6 Å². The lowest BCUT2D eigenvalue weighted by Crippen LogP contribution is -2.28. The van der Waals surface area contributed by atoms with Crippen molar-refractivity contribution in [3.63, 3.8) is 0 Å². The summed E-state index contributed by atoms with van der Waals surface area (Å²) in [6.45, 7) is 7.79. The summed E-state index contributed by atoms with van der Waals surface area (Å²) in [5.74, 6) is 0.272. The predicted octanol–water partition coefficient (Wildman–Crippen LogP) is 3.32. The molecule has 0 aliphatic rings. The molecule has 4 aromatic rings. The molecular weight excluding hydrogens is 420 g/mol. The van der Waals surface area contributed by atoms with Gasteiger partial charge in [0, 0.05) is 35.6 Å². The molecule has 0 radical (unpaired) electrons. The summed E-state index contributed by atoms with van der Waals surface area (Å²) < 4.78 is 7.06. The lowest BCUT2D eigenvalue weighted by Gasteiger charge is -2.12. The molecule has 33 heavy (non-hydrogen) atoms. The van der Waals surface area contributed by atoms with Crippen LogP contribution in [0.2, 0.25) is 0 Å². The molecule has 9 nitrogen and oxygen atoms in total. The normalized spacial score (nSPS) is 11.2. The number of aryl methyl sites for hydroxylation is 2. The molecule has 0 bridgehead atoms. The summed E-state index contributed by atoms with van der Waals surface area (Å²) >= 11 is 0. The molecule has 4 aromatic heterocycles. The number of aromatic nitrogens is 5. The second kappa shape index (κ2) is 8.85. The van der Waals surface area contributed by atoms with Crippen LogP contribution in [-0.4, -0.2) is 37.7 Å². The first kappa shape index (κ1) is 22.2. The number of ether oxygens (including phenoxy) is 1. The van der Waals surface area contributed by atoms with E-state index >= 15 is 0 Å². The van der Waals surface area contributed by atoms with Crippen LogP contribution in [0.25, 0.3) is 22.3 Å². The summed E-state index contributed by atoms with van der Waals surface area (Å²) in [6, 6.07) is 5.47. The molecule has 0 fully saturated rings. The van der Waals surface area contributed by atoms with Crippen molar-refractivity contribution in [2.75, 3.05) is 7.11 Å². The molecule has 0 aromatic carbocycles. The number of pyridine rings is 3. The molecule has 4 rings (SSSR count). The highest BCUT2D eigenvalue weighted by Crippen LogP contribution is 2.27. The van der Waals surface area contributed by atoms with Gasteiger partial charge in [-0.25, -0.2) is 9.67 Å². The maximum absolute atomic E-state index is 13.3. The Balaban J connectivity index is 1.77. The van der Waals surface area contributed by atoms with Crippen LogP contribution in [0, 0.1) is 13.8 Å². The zero-order chi connectivity index (χ0) is 23.7. The van der Waals surface area contributed by atoms with Gasteiger partial charge in [-0.1, -0.05) is 0 Å². The van der Waals surface area contributed by atoms with Gasteiger partial charge in [0.15, 0.2) is 5.65 Å². The van der Waals surface area contributed by atoms with Gasteiger partial charge in [0.25, 0.3) is 11.5 Å². The summed E-state index contributed by atoms with van der Waals surface area (Å²) in [4.78, 5) is 37.4. The van der Waals surface area contributed by atoms with E-state index < -0.39 is 0 Å². The molecule has 1 amide bonds. The molecule has 170 valence electrons. The van der Waals surface area contributed by atoms with Crippen molar-refractivity contribution in [1.82, 2.24) is 30.0 Å². The highest BCUT2D eigenvalue weighted by molar-refractivity contribution is 6.06. The molecule has 0 aliphatic heterocycles. The third-order valence-electron chi connectivity index (χ3n) is 5.46. The Hall–Kier alpha value is -4.01. The first-order chi connectivity index (χ1) is 15.8. The lowest BCUT2D eigenvalue weighted by atomic mass is 10.1. The van der Waals surface area contributed by atoms with Crippen LogP contribution in [0.1, 0.15) is 47.1 Å². The van der Waals surface area contributed by atoms with Crippen molar-refractivity contribution >= 4 is 16.9 Å². The fourth-order valence-corrected chi connectivity index (χ4v) is 3.77. The van der Waals surface area contributed by atoms with Crippen LogP contribution >= 0.6 is 0 Å². The van der Waals surface area contributed by atoms with Gasteiger partial charge in [-0.2, -0.15) is 5.10 Å². The van der Waals surface area contributed by atoms with E-state index in [2.05, 4.69) is 20.4 Å². The Morgan fingerprint density at radius 3 is 2.67 bits per heavy atom. The van der Waals surface area contributed by atoms with Gasteiger partial charge in [-0.05, 0) is 51.5 Å². The summed E-state index contributed by atoms with van der Waals surface area (Å²) in [6.07, 6.45) is 4.92. The Bertz CT molecular complexity index is 1400. The zero-order valence-corrected chi connectivity index (χ0v) is 19.3. The fraction of sp³-hybridized carbons (Fsp3) is 0.292. The number of rotatable bonds is 6. The van der Waals surface area contributed by atoms with Crippen molar-refractivity contribution in [3.8, 4) is 17.0 Å². The largest absolute Gasteiger partial charge is 0.495 e. The van der Waals surface area contributed by atoms with E-state index in [-0.39, 0.29) is 24.1 Å². The highest BCUT2D eigenvalue weighted by atomic mass is 16.5. The molecular formula is C24H26N6O3. The van der Waals surface area contributed by atoms with Crippen molar-refractivity contribution in [3.05, 3.63) is 69.5 Å². The predicted molar refractivity (Wildman–Crippen MR) is 125 cm³/mol. The van der Waals surface area contributed by atoms with Gasteiger partial charge in [-0.15, -0.1) is 0 Å². The second-order valence-electron chi connectivity index (χ2n) is 8.21. The van der Waals surface area contributed by atoms with Crippen LogP contribution in [-0.2, 0) is 6.54 Å². The molecule has 0 spiro atoms. The van der Waals surface area contributed by atoms with Crippen LogP contribution < -0.4 is 15.6 Å². The summed E-state index contributed by atoms with van der Waals surface area (Å²) in [7, 11) is 1.57. The average molecular weight is 447 g/mol. The number of methoxy groups -OCH3 is 1. The summed E-state index contributed by atoms with van der Waals surface area (Å²) in [5, 5.41) is 7.96. The Morgan fingerprint density at radius 2 is 1.97 bits per heavy atom. The molecule has 0 unspecified atom stereocenters. The van der Waals surface area contributed by atoms with E-state index in [9.17, 15) is 9.59 Å². The van der Waals surface area contributed by atoms with E-state index in [4.69, 9.17) is 9.72 Å². The first-order valence-corrected chi connectivity index (χ1v) is 10.6. The first-order valence-electron chi connectivity index (χ1n) is 10.6. The van der Waals surface area contributed by atoms with Gasteiger partial charge >= 0.3 is 0 Å². The smallest absolute Gasteiger partial charge is 0.253 e. The third kappa shape index (κ3) is 4.34. The Morgan fingerprint density at radius 1 is 1.18 bits per heavy atom. The van der Waals surface area contributed by atoms with Gasteiger partial charge in [0.1, 0.15) is 5.75 Å². The van der Waals surface area contributed by atoms with E-state index in [1.165, 1.54) is 0 Å². The van der Waals surface area contributed by atoms with Crippen LogP contribution in [0.4, 0.5) is 0 Å². The van der Waals surface area contributed by atoms with Crippen molar-refractivity contribution in [2.45, 2.75) is 40.3 Å².